The fraction of sp³-hybridized carbons (Fsp3) is 0.440. The minimum atomic E-state index is -0.220. The number of nitrogens with zero attached hydrogens (tertiary/aromatic N) is 1. The molecule has 2 aromatic carbocycles. The van der Waals surface area contributed by atoms with Crippen LogP contribution in [-0.2, 0) is 9.59 Å². The van der Waals surface area contributed by atoms with Crippen LogP contribution in [0.3, 0.4) is 0 Å². The van der Waals surface area contributed by atoms with Crippen LogP contribution >= 0.6 is 0 Å². The molecule has 0 spiro atoms. The molecule has 4 nitrogen and oxygen atoms in total. The van der Waals surface area contributed by atoms with Gasteiger partial charge >= 0.3 is 0 Å². The summed E-state index contributed by atoms with van der Waals surface area (Å²) in [5, 5.41) is 3.07. The molecular weight excluding hydrogens is 360 g/mol. The first-order valence-electron chi connectivity index (χ1n) is 10.5. The Kier molecular flexibility index (Phi) is 6.73. The minimum absolute atomic E-state index is 0.00248. The first-order chi connectivity index (χ1) is 13.8. The number of likely N-dealkylation sites (tertiary alicyclic amines) is 1. The van der Waals surface area contributed by atoms with Crippen LogP contribution in [0.1, 0.15) is 57.1 Å². The predicted molar refractivity (Wildman–Crippen MR) is 117 cm³/mol. The molecule has 1 aliphatic heterocycles. The summed E-state index contributed by atoms with van der Waals surface area (Å²) in [7, 11) is 0. The second-order valence-corrected chi connectivity index (χ2v) is 8.97. The van der Waals surface area contributed by atoms with Gasteiger partial charge in [-0.25, -0.2) is 0 Å². The Morgan fingerprint density at radius 2 is 1.41 bits per heavy atom. The first-order valence-corrected chi connectivity index (χ1v) is 10.5. The van der Waals surface area contributed by atoms with Crippen molar-refractivity contribution in [2.75, 3.05) is 13.1 Å². The second kappa shape index (κ2) is 9.25. The maximum absolute atomic E-state index is 13.1. The molecule has 2 amide bonds. The molecule has 4 heteroatoms. The predicted octanol–water partition coefficient (Wildman–Crippen LogP) is 4.36. The zero-order valence-electron chi connectivity index (χ0n) is 17.7. The fourth-order valence-electron chi connectivity index (χ4n) is 3.97. The van der Waals surface area contributed by atoms with Crippen LogP contribution in [-0.4, -0.2) is 35.3 Å². The van der Waals surface area contributed by atoms with Gasteiger partial charge in [0.05, 0.1) is 0 Å². The van der Waals surface area contributed by atoms with E-state index in [1.54, 1.807) is 0 Å². The third-order valence-electron chi connectivity index (χ3n) is 5.50. The molecule has 1 fully saturated rings. The lowest BCUT2D eigenvalue weighted by atomic mass is 9.87. The van der Waals surface area contributed by atoms with E-state index in [-0.39, 0.29) is 29.2 Å². The molecule has 1 N–H and O–H groups in total. The molecule has 1 heterocycles. The van der Waals surface area contributed by atoms with E-state index < -0.39 is 0 Å². The maximum atomic E-state index is 13.1. The van der Waals surface area contributed by atoms with Crippen LogP contribution in [0, 0.1) is 5.92 Å². The summed E-state index contributed by atoms with van der Waals surface area (Å²) in [6.45, 7) is 7.29. The third-order valence-corrected chi connectivity index (χ3v) is 5.50. The highest BCUT2D eigenvalue weighted by Gasteiger charge is 2.30. The molecule has 29 heavy (non-hydrogen) atoms. The molecule has 0 atom stereocenters. The van der Waals surface area contributed by atoms with Crippen molar-refractivity contribution in [2.45, 2.75) is 51.5 Å². The Balaban J connectivity index is 1.63. The van der Waals surface area contributed by atoms with Crippen LogP contribution in [0.2, 0.25) is 0 Å². The van der Waals surface area contributed by atoms with Crippen LogP contribution < -0.4 is 5.32 Å². The quantitative estimate of drug-likeness (QED) is 0.822. The lowest BCUT2D eigenvalue weighted by molar-refractivity contribution is -0.136. The summed E-state index contributed by atoms with van der Waals surface area (Å²) in [4.78, 5) is 27.4. The number of amides is 2. The number of rotatable bonds is 5. The van der Waals surface area contributed by atoms with E-state index >= 15 is 0 Å². The molecule has 0 aromatic heterocycles. The minimum Gasteiger partial charge on any atom is -0.351 e. The van der Waals surface area contributed by atoms with E-state index in [1.807, 2.05) is 62.1 Å². The second-order valence-electron chi connectivity index (χ2n) is 8.97. The summed E-state index contributed by atoms with van der Waals surface area (Å²) >= 11 is 0. The number of carbonyl (C=O) groups is 2. The zero-order chi connectivity index (χ0) is 20.9. The average molecular weight is 393 g/mol. The third kappa shape index (κ3) is 5.93. The van der Waals surface area contributed by atoms with Gasteiger partial charge in [-0.05, 0) is 44.7 Å². The molecule has 1 saturated heterocycles. The van der Waals surface area contributed by atoms with Gasteiger partial charge < -0.3 is 10.2 Å². The standard InChI is InChI=1S/C25H32N2O2/c1-25(2,3)26-24(29)21-14-16-27(17-15-21)23(28)18-22(19-10-6-4-7-11-19)20-12-8-5-9-13-20/h4-13,21-22H,14-18H2,1-3H3,(H,26,29). The maximum Gasteiger partial charge on any atom is 0.223 e. The Bertz CT molecular complexity index is 764. The van der Waals surface area contributed by atoms with Gasteiger partial charge in [0.2, 0.25) is 11.8 Å². The molecule has 0 radical (unpaired) electrons. The Morgan fingerprint density at radius 1 is 0.931 bits per heavy atom. The van der Waals surface area contributed by atoms with Crippen LogP contribution in [0.4, 0.5) is 0 Å². The van der Waals surface area contributed by atoms with E-state index in [0.29, 0.717) is 19.5 Å². The van der Waals surface area contributed by atoms with Crippen LogP contribution in [0.5, 0.6) is 0 Å². The number of carbonyl (C=O) groups excluding carboxylic acids is 2. The molecule has 0 unspecified atom stereocenters. The topological polar surface area (TPSA) is 49.4 Å². The van der Waals surface area contributed by atoms with Gasteiger partial charge in [-0.2, -0.15) is 0 Å². The average Bonchev–Trinajstić information content (AvgIpc) is 2.72. The number of piperidine rings is 1. The van der Waals surface area contributed by atoms with Crippen molar-refractivity contribution in [3.05, 3.63) is 71.8 Å². The summed E-state index contributed by atoms with van der Waals surface area (Å²) in [5.74, 6) is 0.317. The summed E-state index contributed by atoms with van der Waals surface area (Å²) < 4.78 is 0. The Morgan fingerprint density at radius 3 is 1.86 bits per heavy atom. The van der Waals surface area contributed by atoms with Crippen LogP contribution in [0.15, 0.2) is 60.7 Å². The molecule has 1 aliphatic rings. The molecule has 3 rings (SSSR count). The number of hydrogen-bond donors (Lipinski definition) is 1. The van der Waals surface area contributed by atoms with Crippen molar-refractivity contribution in [3.63, 3.8) is 0 Å². The first kappa shape index (κ1) is 21.1. The fourth-order valence-corrected chi connectivity index (χ4v) is 3.97. The summed E-state index contributed by atoms with van der Waals surface area (Å²) in [6.07, 6.45) is 1.91. The molecule has 0 aliphatic carbocycles. The van der Waals surface area contributed by atoms with Crippen molar-refractivity contribution in [3.8, 4) is 0 Å². The molecular formula is C25H32N2O2. The highest BCUT2D eigenvalue weighted by molar-refractivity contribution is 5.81. The molecule has 0 saturated carbocycles. The van der Waals surface area contributed by atoms with Crippen molar-refractivity contribution >= 4 is 11.8 Å². The normalized spacial score (nSPS) is 15.4. The lowest BCUT2D eigenvalue weighted by Gasteiger charge is -2.34. The van der Waals surface area contributed by atoms with Gasteiger partial charge in [0, 0.05) is 36.9 Å². The summed E-state index contributed by atoms with van der Waals surface area (Å²) in [5.41, 5.74) is 2.10. The largest absolute Gasteiger partial charge is 0.351 e. The highest BCUT2D eigenvalue weighted by atomic mass is 16.2. The van der Waals surface area contributed by atoms with Gasteiger partial charge in [-0.1, -0.05) is 60.7 Å². The lowest BCUT2D eigenvalue weighted by Crippen LogP contribution is -2.48. The van der Waals surface area contributed by atoms with Crippen molar-refractivity contribution < 1.29 is 9.59 Å². The van der Waals surface area contributed by atoms with E-state index in [4.69, 9.17) is 0 Å². The van der Waals surface area contributed by atoms with E-state index in [0.717, 1.165) is 24.0 Å². The van der Waals surface area contributed by atoms with Crippen LogP contribution in [0.25, 0.3) is 0 Å². The number of nitrogens with one attached hydrogen (secondary N) is 1. The zero-order valence-corrected chi connectivity index (χ0v) is 17.7. The smallest absolute Gasteiger partial charge is 0.223 e. The van der Waals surface area contributed by atoms with Gasteiger partial charge in [0.15, 0.2) is 0 Å². The number of benzene rings is 2. The van der Waals surface area contributed by atoms with E-state index in [9.17, 15) is 9.59 Å². The SMILES string of the molecule is CC(C)(C)NC(=O)C1CCN(C(=O)CC(c2ccccc2)c2ccccc2)CC1. The highest BCUT2D eigenvalue weighted by Crippen LogP contribution is 2.29. The Hall–Kier alpha value is -2.62. The molecule has 154 valence electrons. The molecule has 2 aromatic rings. The Labute approximate surface area is 174 Å². The van der Waals surface area contributed by atoms with E-state index in [1.165, 1.54) is 0 Å². The van der Waals surface area contributed by atoms with Crippen molar-refractivity contribution in [1.29, 1.82) is 0 Å². The van der Waals surface area contributed by atoms with Crippen molar-refractivity contribution in [2.24, 2.45) is 5.92 Å². The monoisotopic (exact) mass is 392 g/mol. The summed E-state index contributed by atoms with van der Waals surface area (Å²) in [6, 6.07) is 20.5. The van der Waals surface area contributed by atoms with E-state index in [2.05, 4.69) is 29.6 Å². The van der Waals surface area contributed by atoms with Gasteiger partial charge in [-0.3, -0.25) is 9.59 Å². The molecule has 0 bridgehead atoms. The number of hydrogen-bond acceptors (Lipinski definition) is 2. The van der Waals surface area contributed by atoms with Gasteiger partial charge in [0.1, 0.15) is 0 Å². The van der Waals surface area contributed by atoms with Gasteiger partial charge in [-0.15, -0.1) is 0 Å². The van der Waals surface area contributed by atoms with Crippen molar-refractivity contribution in [1.82, 2.24) is 10.2 Å². The van der Waals surface area contributed by atoms with Gasteiger partial charge in [0.25, 0.3) is 0 Å².